The van der Waals surface area contributed by atoms with Crippen LogP contribution >= 0.6 is 11.6 Å². The lowest BCUT2D eigenvalue weighted by Crippen LogP contribution is -2.14. The van der Waals surface area contributed by atoms with Gasteiger partial charge in [-0.15, -0.1) is 0 Å². The number of rotatable bonds is 4. The van der Waals surface area contributed by atoms with Crippen LogP contribution in [0.5, 0.6) is 0 Å². The number of hydrogen-bond donors (Lipinski definition) is 1. The topological polar surface area (TPSA) is 42.7 Å². The first kappa shape index (κ1) is 14.8. The first-order valence-corrected chi connectivity index (χ1v) is 6.29. The molecule has 2 aromatic heterocycles. The van der Waals surface area contributed by atoms with Gasteiger partial charge >= 0.3 is 6.18 Å². The lowest BCUT2D eigenvalue weighted by molar-refractivity contribution is -0.141. The van der Waals surface area contributed by atoms with Crippen LogP contribution in [0.15, 0.2) is 24.4 Å². The lowest BCUT2D eigenvalue weighted by atomic mass is 10.3. The smallest absolute Gasteiger partial charge is 0.311 e. The first-order chi connectivity index (χ1) is 9.41. The molecule has 0 spiro atoms. The number of nitrogens with one attached hydrogen (secondary N) is 1. The Kier molecular flexibility index (Phi) is 4.29. The van der Waals surface area contributed by atoms with Crippen LogP contribution < -0.4 is 5.32 Å². The van der Waals surface area contributed by atoms with Gasteiger partial charge in [-0.1, -0.05) is 18.5 Å². The van der Waals surface area contributed by atoms with Gasteiger partial charge in [0, 0.05) is 12.7 Å². The molecule has 0 bridgehead atoms. The minimum absolute atomic E-state index is 0.290. The van der Waals surface area contributed by atoms with Gasteiger partial charge in [-0.05, 0) is 24.7 Å². The number of aromatic nitrogens is 3. The molecule has 0 atom stereocenters. The second-order valence-corrected chi connectivity index (χ2v) is 4.43. The SMILES string of the molecule is CCNCc1nc(-n2ccc(C(F)(F)F)n2)ccc1Cl. The standard InChI is InChI=1S/C12H12ClF3N4/c1-2-17-7-9-8(13)3-4-11(18-9)20-6-5-10(19-20)12(14,15)16/h3-6,17H,2,7H2,1H3. The molecule has 2 heterocycles. The van der Waals surface area contributed by atoms with Crippen molar-refractivity contribution < 1.29 is 13.2 Å². The fraction of sp³-hybridized carbons (Fsp3) is 0.333. The first-order valence-electron chi connectivity index (χ1n) is 5.91. The predicted octanol–water partition coefficient (Wildman–Crippen LogP) is 3.05. The minimum atomic E-state index is -4.47. The molecule has 20 heavy (non-hydrogen) atoms. The number of halogens is 4. The van der Waals surface area contributed by atoms with E-state index in [0.29, 0.717) is 17.3 Å². The number of alkyl halides is 3. The van der Waals surface area contributed by atoms with Crippen LogP contribution in [0.25, 0.3) is 5.82 Å². The van der Waals surface area contributed by atoms with Crippen LogP contribution in [-0.2, 0) is 12.7 Å². The summed E-state index contributed by atoms with van der Waals surface area (Å²) in [6, 6.07) is 4.01. The molecule has 0 aliphatic rings. The van der Waals surface area contributed by atoms with Crippen LogP contribution in [0.2, 0.25) is 5.02 Å². The second kappa shape index (κ2) is 5.80. The Morgan fingerprint density at radius 2 is 2.05 bits per heavy atom. The molecule has 0 aromatic carbocycles. The van der Waals surface area contributed by atoms with Gasteiger partial charge in [0.25, 0.3) is 0 Å². The fourth-order valence-electron chi connectivity index (χ4n) is 1.57. The van der Waals surface area contributed by atoms with E-state index in [-0.39, 0.29) is 5.82 Å². The summed E-state index contributed by atoms with van der Waals surface area (Å²) in [5.41, 5.74) is -0.391. The van der Waals surface area contributed by atoms with Crippen molar-refractivity contribution in [3.05, 3.63) is 40.8 Å². The molecule has 0 aliphatic heterocycles. The normalized spacial score (nSPS) is 11.8. The predicted molar refractivity (Wildman–Crippen MR) is 68.8 cm³/mol. The maximum Gasteiger partial charge on any atom is 0.435 e. The average Bonchev–Trinajstić information content (AvgIpc) is 2.87. The highest BCUT2D eigenvalue weighted by Gasteiger charge is 2.33. The van der Waals surface area contributed by atoms with E-state index in [0.717, 1.165) is 17.3 Å². The van der Waals surface area contributed by atoms with Gasteiger partial charge in [0.2, 0.25) is 0 Å². The molecule has 2 aromatic rings. The zero-order valence-electron chi connectivity index (χ0n) is 10.6. The van der Waals surface area contributed by atoms with Crippen molar-refractivity contribution >= 4 is 11.6 Å². The summed E-state index contributed by atoms with van der Waals surface area (Å²) in [7, 11) is 0. The van der Waals surface area contributed by atoms with Crippen LogP contribution in [0, 0.1) is 0 Å². The highest BCUT2D eigenvalue weighted by Crippen LogP contribution is 2.27. The van der Waals surface area contributed by atoms with E-state index >= 15 is 0 Å². The van der Waals surface area contributed by atoms with E-state index < -0.39 is 11.9 Å². The summed E-state index contributed by atoms with van der Waals surface area (Å²) in [5.74, 6) is 0.290. The molecule has 0 amide bonds. The summed E-state index contributed by atoms with van der Waals surface area (Å²) in [4.78, 5) is 4.21. The average molecular weight is 305 g/mol. The van der Waals surface area contributed by atoms with E-state index in [1.807, 2.05) is 6.92 Å². The fourth-order valence-corrected chi connectivity index (χ4v) is 1.74. The zero-order chi connectivity index (χ0) is 14.8. The highest BCUT2D eigenvalue weighted by molar-refractivity contribution is 6.31. The van der Waals surface area contributed by atoms with E-state index in [9.17, 15) is 13.2 Å². The molecule has 0 saturated heterocycles. The molecule has 0 fully saturated rings. The minimum Gasteiger partial charge on any atom is -0.311 e. The maximum atomic E-state index is 12.5. The summed E-state index contributed by atoms with van der Waals surface area (Å²) in [6.45, 7) is 3.11. The van der Waals surface area contributed by atoms with E-state index in [4.69, 9.17) is 11.6 Å². The molecule has 2 rings (SSSR count). The second-order valence-electron chi connectivity index (χ2n) is 4.02. The van der Waals surface area contributed by atoms with Crippen LogP contribution in [0.1, 0.15) is 18.3 Å². The monoisotopic (exact) mass is 304 g/mol. The lowest BCUT2D eigenvalue weighted by Gasteiger charge is -2.07. The molecular formula is C12H12ClF3N4. The van der Waals surface area contributed by atoms with Crippen molar-refractivity contribution in [2.45, 2.75) is 19.6 Å². The molecule has 0 aliphatic carbocycles. The largest absolute Gasteiger partial charge is 0.435 e. The van der Waals surface area contributed by atoms with Gasteiger partial charge in [-0.2, -0.15) is 18.3 Å². The van der Waals surface area contributed by atoms with Gasteiger partial charge in [-0.25, -0.2) is 9.67 Å². The molecule has 0 unspecified atom stereocenters. The Morgan fingerprint density at radius 1 is 1.30 bits per heavy atom. The Bertz CT molecular complexity index is 595. The third-order valence-electron chi connectivity index (χ3n) is 2.56. The molecule has 8 heteroatoms. The molecule has 1 N–H and O–H groups in total. The quantitative estimate of drug-likeness (QED) is 0.944. The summed E-state index contributed by atoms with van der Waals surface area (Å²) in [5, 5.41) is 6.98. The summed E-state index contributed by atoms with van der Waals surface area (Å²) in [6.07, 6.45) is -3.25. The zero-order valence-corrected chi connectivity index (χ0v) is 11.3. The Balaban J connectivity index is 2.31. The van der Waals surface area contributed by atoms with E-state index in [1.165, 1.54) is 12.3 Å². The van der Waals surface area contributed by atoms with Gasteiger partial charge in [-0.3, -0.25) is 0 Å². The highest BCUT2D eigenvalue weighted by atomic mass is 35.5. The molecule has 108 valence electrons. The van der Waals surface area contributed by atoms with Gasteiger partial charge in [0.15, 0.2) is 11.5 Å². The molecule has 0 saturated carbocycles. The molecular weight excluding hydrogens is 293 g/mol. The Labute approximate surface area is 118 Å². The van der Waals surface area contributed by atoms with Crippen LogP contribution in [-0.4, -0.2) is 21.3 Å². The Hall–Kier alpha value is -1.60. The van der Waals surface area contributed by atoms with Crippen molar-refractivity contribution in [3.63, 3.8) is 0 Å². The third kappa shape index (κ3) is 3.29. The molecule has 4 nitrogen and oxygen atoms in total. The molecule has 0 radical (unpaired) electrons. The number of pyridine rings is 1. The summed E-state index contributed by atoms with van der Waals surface area (Å²) < 4.78 is 38.6. The maximum absolute atomic E-state index is 12.5. The Morgan fingerprint density at radius 3 is 2.65 bits per heavy atom. The number of nitrogens with zero attached hydrogens (tertiary/aromatic N) is 3. The van der Waals surface area contributed by atoms with Crippen molar-refractivity contribution in [1.82, 2.24) is 20.1 Å². The van der Waals surface area contributed by atoms with Crippen molar-refractivity contribution in [2.24, 2.45) is 0 Å². The van der Waals surface area contributed by atoms with E-state index in [2.05, 4.69) is 15.4 Å². The van der Waals surface area contributed by atoms with Gasteiger partial charge in [0.05, 0.1) is 10.7 Å². The van der Waals surface area contributed by atoms with Crippen LogP contribution in [0.3, 0.4) is 0 Å². The third-order valence-corrected chi connectivity index (χ3v) is 2.90. The van der Waals surface area contributed by atoms with Gasteiger partial charge in [0.1, 0.15) is 0 Å². The van der Waals surface area contributed by atoms with E-state index in [1.54, 1.807) is 6.07 Å². The van der Waals surface area contributed by atoms with Crippen LogP contribution in [0.4, 0.5) is 13.2 Å². The van der Waals surface area contributed by atoms with Gasteiger partial charge < -0.3 is 5.32 Å². The van der Waals surface area contributed by atoms with Crippen molar-refractivity contribution in [3.8, 4) is 5.82 Å². The number of hydrogen-bond acceptors (Lipinski definition) is 3. The summed E-state index contributed by atoms with van der Waals surface area (Å²) >= 11 is 5.99. The van der Waals surface area contributed by atoms with Crippen molar-refractivity contribution in [1.29, 1.82) is 0 Å². The van der Waals surface area contributed by atoms with Crippen molar-refractivity contribution in [2.75, 3.05) is 6.54 Å².